The van der Waals surface area contributed by atoms with E-state index in [0.717, 1.165) is 41.6 Å². The summed E-state index contributed by atoms with van der Waals surface area (Å²) >= 11 is 5.22. The SMILES string of the molecule is CCCc1sc(C(=O)N2CCCCC2C)cc1Br. The minimum Gasteiger partial charge on any atom is -0.335 e. The molecule has 0 N–H and O–H groups in total. The van der Waals surface area contributed by atoms with Crippen LogP contribution in [0.1, 0.15) is 54.1 Å². The summed E-state index contributed by atoms with van der Waals surface area (Å²) < 4.78 is 1.10. The van der Waals surface area contributed by atoms with Gasteiger partial charge in [-0.1, -0.05) is 13.3 Å². The maximum absolute atomic E-state index is 12.5. The van der Waals surface area contributed by atoms with Gasteiger partial charge in [-0.2, -0.15) is 0 Å². The predicted molar refractivity (Wildman–Crippen MR) is 80.4 cm³/mol. The van der Waals surface area contributed by atoms with Crippen LogP contribution in [0.25, 0.3) is 0 Å². The van der Waals surface area contributed by atoms with Gasteiger partial charge in [0.1, 0.15) is 0 Å². The highest BCUT2D eigenvalue weighted by atomic mass is 79.9. The zero-order valence-corrected chi connectivity index (χ0v) is 13.4. The first-order valence-corrected chi connectivity index (χ1v) is 8.33. The Hall–Kier alpha value is -0.350. The summed E-state index contributed by atoms with van der Waals surface area (Å²) in [5, 5.41) is 0. The summed E-state index contributed by atoms with van der Waals surface area (Å²) in [5.74, 6) is 0.218. The first-order valence-electron chi connectivity index (χ1n) is 6.72. The quantitative estimate of drug-likeness (QED) is 0.800. The lowest BCUT2D eigenvalue weighted by Crippen LogP contribution is -2.41. The van der Waals surface area contributed by atoms with Gasteiger partial charge in [0.15, 0.2) is 0 Å². The van der Waals surface area contributed by atoms with Crippen molar-refractivity contribution in [3.63, 3.8) is 0 Å². The number of amides is 1. The number of aryl methyl sites for hydroxylation is 1. The molecule has 100 valence electrons. The molecular formula is C14H20BrNOS. The van der Waals surface area contributed by atoms with Crippen molar-refractivity contribution in [3.8, 4) is 0 Å². The molecule has 1 aromatic rings. The van der Waals surface area contributed by atoms with E-state index in [2.05, 4.69) is 29.8 Å². The topological polar surface area (TPSA) is 20.3 Å². The Morgan fingerprint density at radius 3 is 3.00 bits per heavy atom. The average Bonchev–Trinajstić information content (AvgIpc) is 2.71. The van der Waals surface area contributed by atoms with Crippen molar-refractivity contribution in [1.82, 2.24) is 4.90 Å². The molecule has 18 heavy (non-hydrogen) atoms. The lowest BCUT2D eigenvalue weighted by Gasteiger charge is -2.33. The molecule has 2 heterocycles. The monoisotopic (exact) mass is 329 g/mol. The third-order valence-corrected chi connectivity index (χ3v) is 5.66. The Morgan fingerprint density at radius 2 is 2.33 bits per heavy atom. The highest BCUT2D eigenvalue weighted by molar-refractivity contribution is 9.10. The number of carbonyl (C=O) groups excluding carboxylic acids is 1. The Bertz CT molecular complexity index is 429. The molecule has 0 spiro atoms. The number of likely N-dealkylation sites (tertiary alicyclic amines) is 1. The summed E-state index contributed by atoms with van der Waals surface area (Å²) in [6.07, 6.45) is 5.70. The second-order valence-electron chi connectivity index (χ2n) is 4.98. The van der Waals surface area contributed by atoms with Gasteiger partial charge >= 0.3 is 0 Å². The normalized spacial score (nSPS) is 20.2. The van der Waals surface area contributed by atoms with E-state index in [1.807, 2.05) is 11.0 Å². The molecule has 2 rings (SSSR count). The third-order valence-electron chi connectivity index (χ3n) is 3.51. The van der Waals surface area contributed by atoms with Crippen molar-refractivity contribution in [2.45, 2.75) is 52.0 Å². The van der Waals surface area contributed by atoms with Crippen molar-refractivity contribution in [1.29, 1.82) is 0 Å². The number of thiophene rings is 1. The molecule has 2 nitrogen and oxygen atoms in total. The van der Waals surface area contributed by atoms with Gasteiger partial charge in [0.05, 0.1) is 4.88 Å². The van der Waals surface area contributed by atoms with Crippen LogP contribution in [0.5, 0.6) is 0 Å². The van der Waals surface area contributed by atoms with E-state index < -0.39 is 0 Å². The van der Waals surface area contributed by atoms with Crippen LogP contribution in [0.3, 0.4) is 0 Å². The lowest BCUT2D eigenvalue weighted by molar-refractivity contribution is 0.0640. The molecule has 0 aromatic carbocycles. The summed E-state index contributed by atoms with van der Waals surface area (Å²) in [6, 6.07) is 2.39. The molecule has 1 aliphatic rings. The molecule has 0 bridgehead atoms. The minimum atomic E-state index is 0.218. The Kier molecular flexibility index (Phi) is 4.84. The Labute approximate surface area is 122 Å². The zero-order chi connectivity index (χ0) is 13.1. The van der Waals surface area contributed by atoms with Crippen LogP contribution in [0, 0.1) is 0 Å². The second-order valence-corrected chi connectivity index (χ2v) is 6.97. The average molecular weight is 330 g/mol. The Balaban J connectivity index is 2.15. The van der Waals surface area contributed by atoms with Gasteiger partial charge in [-0.3, -0.25) is 4.79 Å². The Morgan fingerprint density at radius 1 is 1.56 bits per heavy atom. The molecule has 1 atom stereocenters. The lowest BCUT2D eigenvalue weighted by atomic mass is 10.0. The van der Waals surface area contributed by atoms with E-state index in [0.29, 0.717) is 6.04 Å². The van der Waals surface area contributed by atoms with Gasteiger partial charge in [-0.25, -0.2) is 0 Å². The number of hydrogen-bond donors (Lipinski definition) is 0. The first-order chi connectivity index (χ1) is 8.63. The van der Waals surface area contributed by atoms with Gasteiger partial charge in [0, 0.05) is 21.9 Å². The first kappa shape index (κ1) is 14.1. The molecule has 1 aliphatic heterocycles. The van der Waals surface area contributed by atoms with E-state index in [1.165, 1.54) is 11.3 Å². The molecule has 1 saturated heterocycles. The molecule has 1 amide bonds. The maximum atomic E-state index is 12.5. The highest BCUT2D eigenvalue weighted by Crippen LogP contribution is 2.30. The zero-order valence-electron chi connectivity index (χ0n) is 11.0. The van der Waals surface area contributed by atoms with Crippen LogP contribution >= 0.6 is 27.3 Å². The van der Waals surface area contributed by atoms with Gasteiger partial charge in [-0.15, -0.1) is 11.3 Å². The molecule has 1 aromatic heterocycles. The van der Waals surface area contributed by atoms with Crippen LogP contribution in [0.15, 0.2) is 10.5 Å². The van der Waals surface area contributed by atoms with Crippen LogP contribution in [0.4, 0.5) is 0 Å². The van der Waals surface area contributed by atoms with Gasteiger partial charge in [0.25, 0.3) is 5.91 Å². The van der Waals surface area contributed by atoms with E-state index in [9.17, 15) is 4.79 Å². The fourth-order valence-electron chi connectivity index (χ4n) is 2.45. The molecule has 4 heteroatoms. The third kappa shape index (κ3) is 2.97. The van der Waals surface area contributed by atoms with E-state index >= 15 is 0 Å². The van der Waals surface area contributed by atoms with Crippen molar-refractivity contribution in [2.24, 2.45) is 0 Å². The van der Waals surface area contributed by atoms with Crippen LogP contribution in [0.2, 0.25) is 0 Å². The number of carbonyl (C=O) groups is 1. The fourth-order valence-corrected chi connectivity index (χ4v) is 4.38. The smallest absolute Gasteiger partial charge is 0.264 e. The van der Waals surface area contributed by atoms with Gasteiger partial charge in [-0.05, 0) is 54.6 Å². The summed E-state index contributed by atoms with van der Waals surface area (Å²) in [6.45, 7) is 5.24. The standard InChI is InChI=1S/C14H20BrNOS/c1-3-6-12-11(15)9-13(18-12)14(17)16-8-5-4-7-10(16)2/h9-10H,3-8H2,1-2H3. The molecule has 0 aliphatic carbocycles. The number of rotatable bonds is 3. The summed E-state index contributed by atoms with van der Waals surface area (Å²) in [4.78, 5) is 16.7. The van der Waals surface area contributed by atoms with Crippen LogP contribution < -0.4 is 0 Å². The largest absolute Gasteiger partial charge is 0.335 e. The van der Waals surface area contributed by atoms with Crippen LogP contribution in [-0.2, 0) is 6.42 Å². The summed E-state index contributed by atoms with van der Waals surface area (Å²) in [5.41, 5.74) is 0. The van der Waals surface area contributed by atoms with E-state index in [4.69, 9.17) is 0 Å². The second kappa shape index (κ2) is 6.20. The molecule has 1 fully saturated rings. The van der Waals surface area contributed by atoms with Gasteiger partial charge < -0.3 is 4.90 Å². The maximum Gasteiger partial charge on any atom is 0.264 e. The minimum absolute atomic E-state index is 0.218. The number of nitrogens with zero attached hydrogens (tertiary/aromatic N) is 1. The van der Waals surface area contributed by atoms with Crippen molar-refractivity contribution < 1.29 is 4.79 Å². The van der Waals surface area contributed by atoms with Crippen molar-refractivity contribution in [2.75, 3.05) is 6.54 Å². The number of halogens is 1. The van der Waals surface area contributed by atoms with Crippen molar-refractivity contribution >= 4 is 33.2 Å². The number of piperidine rings is 1. The summed E-state index contributed by atoms with van der Waals surface area (Å²) in [7, 11) is 0. The van der Waals surface area contributed by atoms with Gasteiger partial charge in [0.2, 0.25) is 0 Å². The fraction of sp³-hybridized carbons (Fsp3) is 0.643. The molecular weight excluding hydrogens is 310 g/mol. The number of hydrogen-bond acceptors (Lipinski definition) is 2. The van der Waals surface area contributed by atoms with Crippen molar-refractivity contribution in [3.05, 3.63) is 20.3 Å². The molecule has 0 radical (unpaired) electrons. The molecule has 0 saturated carbocycles. The predicted octanol–water partition coefficient (Wildman–Crippen LogP) is 4.48. The van der Waals surface area contributed by atoms with E-state index in [-0.39, 0.29) is 5.91 Å². The molecule has 1 unspecified atom stereocenters. The highest BCUT2D eigenvalue weighted by Gasteiger charge is 2.25. The van der Waals surface area contributed by atoms with E-state index in [1.54, 1.807) is 11.3 Å². The van der Waals surface area contributed by atoms with Crippen LogP contribution in [-0.4, -0.2) is 23.4 Å².